The molecule has 108 valence electrons. The largest absolute Gasteiger partial charge is 0.481 e. The average Bonchev–Trinajstić information content (AvgIpc) is 2.78. The zero-order chi connectivity index (χ0) is 14.0. The number of aliphatic carboxylic acids is 1. The van der Waals surface area contributed by atoms with E-state index in [9.17, 15) is 19.8 Å². The fraction of sp³-hybridized carbons (Fsp3) is 0.857. The van der Waals surface area contributed by atoms with E-state index in [1.54, 1.807) is 4.90 Å². The molecule has 2 N–H and O–H groups in total. The molecule has 2 rings (SSSR count). The summed E-state index contributed by atoms with van der Waals surface area (Å²) in [6, 6.07) is -0.135. The van der Waals surface area contributed by atoms with Crippen molar-refractivity contribution in [2.24, 2.45) is 17.8 Å². The van der Waals surface area contributed by atoms with Gasteiger partial charge in [0, 0.05) is 6.54 Å². The lowest BCUT2D eigenvalue weighted by Crippen LogP contribution is -2.46. The second kappa shape index (κ2) is 5.90. The van der Waals surface area contributed by atoms with E-state index < -0.39 is 17.8 Å². The number of carbonyl (C=O) groups is 2. The topological polar surface area (TPSA) is 77.8 Å². The van der Waals surface area contributed by atoms with Crippen molar-refractivity contribution in [1.29, 1.82) is 0 Å². The molecule has 2 aliphatic rings. The van der Waals surface area contributed by atoms with Crippen LogP contribution >= 0.6 is 0 Å². The van der Waals surface area contributed by atoms with Crippen LogP contribution in [-0.4, -0.2) is 46.2 Å². The standard InChI is InChI=1S/C14H23NO4/c1-9-6-7-15(12(9)8-16)13(17)10-4-2-3-5-11(10)14(18)19/h9-12,16H,2-8H2,1H3,(H,18,19). The maximum Gasteiger partial charge on any atom is 0.307 e. The van der Waals surface area contributed by atoms with Crippen molar-refractivity contribution in [1.82, 2.24) is 4.90 Å². The highest BCUT2D eigenvalue weighted by Gasteiger charge is 2.42. The Morgan fingerprint density at radius 3 is 2.37 bits per heavy atom. The number of carboxylic acid groups (broad SMARTS) is 1. The quantitative estimate of drug-likeness (QED) is 0.804. The first kappa shape index (κ1) is 14.3. The molecule has 1 aliphatic heterocycles. The molecule has 5 heteroatoms. The highest BCUT2D eigenvalue weighted by atomic mass is 16.4. The molecule has 1 heterocycles. The first-order valence-electron chi connectivity index (χ1n) is 7.20. The van der Waals surface area contributed by atoms with E-state index in [2.05, 4.69) is 0 Å². The maximum absolute atomic E-state index is 12.6. The van der Waals surface area contributed by atoms with Crippen molar-refractivity contribution >= 4 is 11.9 Å². The number of carboxylic acids is 1. The molecular formula is C14H23NO4. The predicted octanol–water partition coefficient (Wildman–Crippen LogP) is 1.11. The van der Waals surface area contributed by atoms with Crippen LogP contribution in [0.15, 0.2) is 0 Å². The normalized spacial score (nSPS) is 35.4. The Labute approximate surface area is 113 Å². The number of likely N-dealkylation sites (tertiary alicyclic amines) is 1. The lowest BCUT2D eigenvalue weighted by atomic mass is 9.78. The minimum atomic E-state index is -0.856. The van der Waals surface area contributed by atoms with E-state index in [0.717, 1.165) is 19.3 Å². The van der Waals surface area contributed by atoms with Gasteiger partial charge in [-0.25, -0.2) is 0 Å². The fourth-order valence-corrected chi connectivity index (χ4v) is 3.50. The number of aliphatic hydroxyl groups excluding tert-OH is 1. The van der Waals surface area contributed by atoms with Gasteiger partial charge in [-0.1, -0.05) is 19.8 Å². The summed E-state index contributed by atoms with van der Waals surface area (Å²) in [6.45, 7) is 2.65. The van der Waals surface area contributed by atoms with Crippen LogP contribution in [0.2, 0.25) is 0 Å². The number of nitrogens with zero attached hydrogens (tertiary/aromatic N) is 1. The molecule has 19 heavy (non-hydrogen) atoms. The Hall–Kier alpha value is -1.10. The van der Waals surface area contributed by atoms with Crippen molar-refractivity contribution in [3.05, 3.63) is 0 Å². The zero-order valence-corrected chi connectivity index (χ0v) is 11.4. The second-order valence-corrected chi connectivity index (χ2v) is 5.88. The van der Waals surface area contributed by atoms with Crippen LogP contribution in [0.1, 0.15) is 39.0 Å². The van der Waals surface area contributed by atoms with E-state index in [0.29, 0.717) is 25.3 Å². The third kappa shape index (κ3) is 2.76. The molecule has 0 spiro atoms. The van der Waals surface area contributed by atoms with Crippen LogP contribution in [0.4, 0.5) is 0 Å². The molecule has 4 unspecified atom stereocenters. The number of aliphatic hydroxyl groups is 1. The summed E-state index contributed by atoms with van der Waals surface area (Å²) < 4.78 is 0. The molecule has 0 aromatic heterocycles. The first-order chi connectivity index (χ1) is 9.06. The Morgan fingerprint density at radius 2 is 1.79 bits per heavy atom. The highest BCUT2D eigenvalue weighted by molar-refractivity contribution is 5.85. The van der Waals surface area contributed by atoms with Crippen molar-refractivity contribution in [2.45, 2.75) is 45.1 Å². The number of carbonyl (C=O) groups excluding carboxylic acids is 1. The molecule has 1 saturated carbocycles. The molecule has 4 atom stereocenters. The summed E-state index contributed by atoms with van der Waals surface area (Å²) in [5, 5.41) is 18.7. The molecule has 0 bridgehead atoms. The van der Waals surface area contributed by atoms with Crippen LogP contribution in [-0.2, 0) is 9.59 Å². The summed E-state index contributed by atoms with van der Waals surface area (Å²) in [5.74, 6) is -1.57. The van der Waals surface area contributed by atoms with E-state index in [1.807, 2.05) is 6.92 Å². The van der Waals surface area contributed by atoms with Crippen LogP contribution < -0.4 is 0 Å². The smallest absolute Gasteiger partial charge is 0.307 e. The van der Waals surface area contributed by atoms with Crippen molar-refractivity contribution < 1.29 is 19.8 Å². The fourth-order valence-electron chi connectivity index (χ4n) is 3.50. The Bertz CT molecular complexity index is 357. The SMILES string of the molecule is CC1CCN(C(=O)C2CCCCC2C(=O)O)C1CO. The third-order valence-electron chi connectivity index (χ3n) is 4.75. The Kier molecular flexibility index (Phi) is 4.45. The molecule has 0 aromatic carbocycles. The molecule has 1 amide bonds. The van der Waals surface area contributed by atoms with Gasteiger partial charge >= 0.3 is 5.97 Å². The van der Waals surface area contributed by atoms with E-state index >= 15 is 0 Å². The van der Waals surface area contributed by atoms with Crippen molar-refractivity contribution in [3.63, 3.8) is 0 Å². The second-order valence-electron chi connectivity index (χ2n) is 5.88. The van der Waals surface area contributed by atoms with Crippen molar-refractivity contribution in [2.75, 3.05) is 13.2 Å². The molecule has 1 aliphatic carbocycles. The lowest BCUT2D eigenvalue weighted by Gasteiger charge is -2.34. The summed E-state index contributed by atoms with van der Waals surface area (Å²) in [7, 11) is 0. The lowest BCUT2D eigenvalue weighted by molar-refractivity contribution is -0.153. The molecular weight excluding hydrogens is 246 g/mol. The monoisotopic (exact) mass is 269 g/mol. The van der Waals surface area contributed by atoms with E-state index in [-0.39, 0.29) is 18.6 Å². The van der Waals surface area contributed by atoms with Gasteiger partial charge in [0.15, 0.2) is 0 Å². The van der Waals surface area contributed by atoms with Gasteiger partial charge in [-0.3, -0.25) is 9.59 Å². The summed E-state index contributed by atoms with van der Waals surface area (Å²) in [4.78, 5) is 25.6. The predicted molar refractivity (Wildman–Crippen MR) is 69.5 cm³/mol. The summed E-state index contributed by atoms with van der Waals surface area (Å²) in [5.41, 5.74) is 0. The van der Waals surface area contributed by atoms with Crippen LogP contribution in [0.25, 0.3) is 0 Å². The van der Waals surface area contributed by atoms with Crippen LogP contribution in [0.5, 0.6) is 0 Å². The average molecular weight is 269 g/mol. The van der Waals surface area contributed by atoms with Crippen LogP contribution in [0, 0.1) is 17.8 Å². The molecule has 2 fully saturated rings. The minimum Gasteiger partial charge on any atom is -0.481 e. The van der Waals surface area contributed by atoms with Crippen LogP contribution in [0.3, 0.4) is 0 Å². The Morgan fingerprint density at radius 1 is 1.16 bits per heavy atom. The Balaban J connectivity index is 2.11. The summed E-state index contributed by atoms with van der Waals surface area (Å²) in [6.07, 6.45) is 3.97. The molecule has 0 radical (unpaired) electrons. The number of hydrogen-bond acceptors (Lipinski definition) is 3. The van der Waals surface area contributed by atoms with Gasteiger partial charge in [-0.2, -0.15) is 0 Å². The zero-order valence-electron chi connectivity index (χ0n) is 11.4. The highest BCUT2D eigenvalue weighted by Crippen LogP contribution is 2.34. The molecule has 0 aromatic rings. The van der Waals surface area contributed by atoms with Gasteiger partial charge in [0.1, 0.15) is 0 Å². The van der Waals surface area contributed by atoms with E-state index in [4.69, 9.17) is 0 Å². The molecule has 1 saturated heterocycles. The number of amides is 1. The van der Waals surface area contributed by atoms with Gasteiger partial charge in [-0.05, 0) is 25.2 Å². The van der Waals surface area contributed by atoms with Gasteiger partial charge in [0.25, 0.3) is 0 Å². The third-order valence-corrected chi connectivity index (χ3v) is 4.75. The van der Waals surface area contributed by atoms with Gasteiger partial charge in [-0.15, -0.1) is 0 Å². The summed E-state index contributed by atoms with van der Waals surface area (Å²) >= 11 is 0. The van der Waals surface area contributed by atoms with Gasteiger partial charge in [0.05, 0.1) is 24.5 Å². The van der Waals surface area contributed by atoms with E-state index in [1.165, 1.54) is 0 Å². The minimum absolute atomic E-state index is 0.0304. The van der Waals surface area contributed by atoms with Crippen molar-refractivity contribution in [3.8, 4) is 0 Å². The number of rotatable bonds is 3. The maximum atomic E-state index is 12.6. The first-order valence-corrected chi connectivity index (χ1v) is 7.20. The van der Waals surface area contributed by atoms with Gasteiger partial charge in [0.2, 0.25) is 5.91 Å². The molecule has 5 nitrogen and oxygen atoms in total. The van der Waals surface area contributed by atoms with Gasteiger partial charge < -0.3 is 15.1 Å². The number of hydrogen-bond donors (Lipinski definition) is 2.